The molecule has 1 saturated carbocycles. The predicted molar refractivity (Wildman–Crippen MR) is 143 cm³/mol. The highest BCUT2D eigenvalue weighted by Gasteiger charge is 2.24. The summed E-state index contributed by atoms with van der Waals surface area (Å²) < 4.78 is 23.5. The van der Waals surface area contributed by atoms with Gasteiger partial charge in [-0.1, -0.05) is 57.1 Å². The third-order valence-electron chi connectivity index (χ3n) is 7.03. The number of hydrogen-bond acceptors (Lipinski definition) is 5. The Labute approximate surface area is 220 Å². The van der Waals surface area contributed by atoms with Crippen LogP contribution in [0.5, 0.6) is 17.2 Å². The van der Waals surface area contributed by atoms with Gasteiger partial charge in [-0.2, -0.15) is 0 Å². The molecule has 0 aromatic heterocycles. The van der Waals surface area contributed by atoms with E-state index >= 15 is 0 Å². The lowest BCUT2D eigenvalue weighted by Gasteiger charge is -2.27. The van der Waals surface area contributed by atoms with Crippen LogP contribution in [0.15, 0.2) is 48.5 Å². The van der Waals surface area contributed by atoms with Crippen LogP contribution in [0.3, 0.4) is 0 Å². The minimum atomic E-state index is -0.839. The van der Waals surface area contributed by atoms with Crippen LogP contribution in [0.1, 0.15) is 82.3 Å². The Hall–Kier alpha value is -2.80. The van der Waals surface area contributed by atoms with Crippen molar-refractivity contribution in [3.63, 3.8) is 0 Å². The van der Waals surface area contributed by atoms with Crippen LogP contribution < -0.4 is 14.8 Å². The van der Waals surface area contributed by atoms with Crippen molar-refractivity contribution in [2.75, 3.05) is 19.9 Å². The van der Waals surface area contributed by atoms with Crippen molar-refractivity contribution in [2.24, 2.45) is 5.92 Å². The molecule has 37 heavy (non-hydrogen) atoms. The number of aliphatic hydroxyl groups excluding tert-OH is 1. The van der Waals surface area contributed by atoms with Gasteiger partial charge >= 0.3 is 0 Å². The number of hydrogen-bond donors (Lipinski definition) is 3. The second-order valence-electron chi connectivity index (χ2n) is 9.96. The van der Waals surface area contributed by atoms with E-state index in [1.165, 1.54) is 44.2 Å². The van der Waals surface area contributed by atoms with E-state index in [1.54, 1.807) is 24.3 Å². The molecular formula is C30H42FNO5. The number of rotatable bonds is 16. The Balaban J connectivity index is 1.53. The number of carbonyl (C=O) groups is 1. The lowest BCUT2D eigenvalue weighted by Crippen LogP contribution is -2.40. The van der Waals surface area contributed by atoms with E-state index < -0.39 is 12.1 Å². The highest BCUT2D eigenvalue weighted by Crippen LogP contribution is 2.29. The second kappa shape index (κ2) is 16.1. The van der Waals surface area contributed by atoms with Crippen molar-refractivity contribution in [1.82, 2.24) is 5.32 Å². The number of halogens is 1. The molecule has 6 nitrogen and oxygen atoms in total. The highest BCUT2D eigenvalue weighted by molar-refractivity contribution is 5.76. The summed E-state index contributed by atoms with van der Waals surface area (Å²) in [5, 5.41) is 23.6. The molecule has 3 N–H and O–H groups in total. The number of phenols is 1. The summed E-state index contributed by atoms with van der Waals surface area (Å²) in [6.45, 7) is 0.319. The molecule has 0 heterocycles. The van der Waals surface area contributed by atoms with Gasteiger partial charge in [-0.25, -0.2) is 0 Å². The maximum absolute atomic E-state index is 12.7. The summed E-state index contributed by atoms with van der Waals surface area (Å²) in [6, 6.07) is 13.2. The zero-order chi connectivity index (χ0) is 26.3. The third kappa shape index (κ3) is 10.6. The van der Waals surface area contributed by atoms with Gasteiger partial charge < -0.3 is 25.0 Å². The molecular weight excluding hydrogens is 473 g/mol. The van der Waals surface area contributed by atoms with Crippen LogP contribution in [0.4, 0.5) is 4.39 Å². The number of carbonyl (C=O) groups excluding carboxylic acids is 1. The maximum Gasteiger partial charge on any atom is 0.223 e. The molecule has 0 spiro atoms. The normalized spacial score (nSPS) is 15.6. The number of phenolic OH excluding ortho intramolecular Hbond substituents is 1. The predicted octanol–water partition coefficient (Wildman–Crippen LogP) is 6.26. The van der Waals surface area contributed by atoms with Gasteiger partial charge in [0.05, 0.1) is 38.5 Å². The summed E-state index contributed by atoms with van der Waals surface area (Å²) in [7, 11) is 0. The van der Waals surface area contributed by atoms with Gasteiger partial charge in [0.25, 0.3) is 0 Å². The standard InChI is InChI=1S/C30H42FNO5/c31-20-4-5-21-36-26-15-11-24(12-16-26)30(35)28(10-6-9-23-7-2-1-3-8-23)32-29(34)19-22-37-27-17-13-25(33)14-18-27/h11-18,23,28,30,33,35H,1-10,19-22H2,(H,32,34). The molecule has 0 bridgehead atoms. The Morgan fingerprint density at radius 1 is 0.919 bits per heavy atom. The Morgan fingerprint density at radius 2 is 1.57 bits per heavy atom. The lowest BCUT2D eigenvalue weighted by atomic mass is 9.85. The summed E-state index contributed by atoms with van der Waals surface area (Å²) in [4.78, 5) is 12.7. The number of unbranched alkanes of at least 4 members (excludes halogenated alkanes) is 1. The second-order valence-corrected chi connectivity index (χ2v) is 9.96. The van der Waals surface area contributed by atoms with Gasteiger partial charge in [0.1, 0.15) is 17.2 Å². The first-order valence-corrected chi connectivity index (χ1v) is 13.7. The van der Waals surface area contributed by atoms with Crippen LogP contribution in [-0.4, -0.2) is 42.1 Å². The summed E-state index contributed by atoms with van der Waals surface area (Å²) in [5.41, 5.74) is 0.722. The van der Waals surface area contributed by atoms with Crippen LogP contribution in [-0.2, 0) is 4.79 Å². The van der Waals surface area contributed by atoms with E-state index in [9.17, 15) is 19.4 Å². The first-order valence-electron chi connectivity index (χ1n) is 13.7. The van der Waals surface area contributed by atoms with Gasteiger partial charge in [-0.3, -0.25) is 9.18 Å². The average Bonchev–Trinajstić information content (AvgIpc) is 2.92. The number of aromatic hydroxyl groups is 1. The largest absolute Gasteiger partial charge is 0.508 e. The van der Waals surface area contributed by atoms with Crippen molar-refractivity contribution in [2.45, 2.75) is 82.8 Å². The van der Waals surface area contributed by atoms with E-state index in [0.717, 1.165) is 24.3 Å². The zero-order valence-electron chi connectivity index (χ0n) is 21.7. The molecule has 2 aromatic rings. The molecule has 1 aliphatic rings. The van der Waals surface area contributed by atoms with E-state index in [-0.39, 0.29) is 31.4 Å². The molecule has 204 valence electrons. The molecule has 0 radical (unpaired) electrons. The van der Waals surface area contributed by atoms with Gasteiger partial charge in [-0.15, -0.1) is 0 Å². The Morgan fingerprint density at radius 3 is 2.24 bits per heavy atom. The fourth-order valence-electron chi connectivity index (χ4n) is 4.87. The molecule has 0 saturated heterocycles. The minimum Gasteiger partial charge on any atom is -0.508 e. The van der Waals surface area contributed by atoms with Crippen molar-refractivity contribution >= 4 is 5.91 Å². The lowest BCUT2D eigenvalue weighted by molar-refractivity contribution is -0.123. The highest BCUT2D eigenvalue weighted by atomic mass is 19.1. The van der Waals surface area contributed by atoms with E-state index in [0.29, 0.717) is 37.4 Å². The van der Waals surface area contributed by atoms with Crippen molar-refractivity contribution in [3.05, 3.63) is 54.1 Å². The van der Waals surface area contributed by atoms with E-state index in [2.05, 4.69) is 5.32 Å². The third-order valence-corrected chi connectivity index (χ3v) is 7.03. The van der Waals surface area contributed by atoms with Gasteiger partial charge in [0, 0.05) is 0 Å². The summed E-state index contributed by atoms with van der Waals surface area (Å²) >= 11 is 0. The molecule has 2 atom stereocenters. The van der Waals surface area contributed by atoms with Crippen molar-refractivity contribution in [1.29, 1.82) is 0 Å². The molecule has 1 aliphatic carbocycles. The van der Waals surface area contributed by atoms with Gasteiger partial charge in [-0.05, 0) is 67.1 Å². The summed E-state index contributed by atoms with van der Waals surface area (Å²) in [6.07, 6.45) is 9.73. The van der Waals surface area contributed by atoms with Crippen LogP contribution >= 0.6 is 0 Å². The van der Waals surface area contributed by atoms with Gasteiger partial charge in [0.2, 0.25) is 5.91 Å². The first-order chi connectivity index (χ1) is 18.0. The van der Waals surface area contributed by atoms with Crippen LogP contribution in [0, 0.1) is 5.92 Å². The quantitative estimate of drug-likeness (QED) is 0.230. The number of benzene rings is 2. The number of ether oxygens (including phenoxy) is 2. The van der Waals surface area contributed by atoms with Crippen molar-refractivity contribution < 1.29 is 28.9 Å². The van der Waals surface area contributed by atoms with Crippen LogP contribution in [0.25, 0.3) is 0 Å². The van der Waals surface area contributed by atoms with Crippen LogP contribution in [0.2, 0.25) is 0 Å². The minimum absolute atomic E-state index is 0.159. The first kappa shape index (κ1) is 28.8. The molecule has 2 unspecified atom stereocenters. The smallest absolute Gasteiger partial charge is 0.223 e. The number of alkyl halides is 1. The Bertz CT molecular complexity index is 899. The molecule has 1 fully saturated rings. The number of amides is 1. The molecule has 3 rings (SSSR count). The molecule has 1 amide bonds. The van der Waals surface area contributed by atoms with Crippen molar-refractivity contribution in [3.8, 4) is 17.2 Å². The number of aliphatic hydroxyl groups is 1. The Kier molecular flexibility index (Phi) is 12.5. The average molecular weight is 516 g/mol. The van der Waals surface area contributed by atoms with E-state index in [4.69, 9.17) is 9.47 Å². The monoisotopic (exact) mass is 515 g/mol. The SMILES string of the molecule is O=C(CCOc1ccc(O)cc1)NC(CCCC1CCCCC1)C(O)c1ccc(OCCCCF)cc1. The number of nitrogens with one attached hydrogen (secondary N) is 1. The fraction of sp³-hybridized carbons (Fsp3) is 0.567. The summed E-state index contributed by atoms with van der Waals surface area (Å²) in [5.74, 6) is 2.00. The van der Waals surface area contributed by atoms with Gasteiger partial charge in [0.15, 0.2) is 0 Å². The fourth-order valence-corrected chi connectivity index (χ4v) is 4.87. The molecule has 2 aromatic carbocycles. The molecule has 0 aliphatic heterocycles. The topological polar surface area (TPSA) is 88.0 Å². The zero-order valence-corrected chi connectivity index (χ0v) is 21.7. The maximum atomic E-state index is 12.7. The molecule has 7 heteroatoms. The van der Waals surface area contributed by atoms with E-state index in [1.807, 2.05) is 12.1 Å².